The fourth-order valence-electron chi connectivity index (χ4n) is 1.64. The van der Waals surface area contributed by atoms with Crippen LogP contribution in [0.4, 0.5) is 0 Å². The first-order chi connectivity index (χ1) is 7.22. The van der Waals surface area contributed by atoms with Gasteiger partial charge in [-0.05, 0) is 12.8 Å². The third kappa shape index (κ3) is 8.88. The molecule has 0 rings (SSSR count). The molecular formula is C13H27O2. The van der Waals surface area contributed by atoms with E-state index in [0.717, 1.165) is 19.3 Å². The smallest absolute Gasteiger partial charge is 0.122 e. The van der Waals surface area contributed by atoms with E-state index in [1.807, 2.05) is 0 Å². The first-order valence-electron chi connectivity index (χ1n) is 6.45. The lowest BCUT2D eigenvalue weighted by Crippen LogP contribution is -2.17. The molecule has 0 bridgehead atoms. The highest BCUT2D eigenvalue weighted by Crippen LogP contribution is 2.17. The van der Waals surface area contributed by atoms with Crippen molar-refractivity contribution in [2.45, 2.75) is 77.7 Å². The highest BCUT2D eigenvalue weighted by Gasteiger charge is 2.15. The zero-order chi connectivity index (χ0) is 11.5. The van der Waals surface area contributed by atoms with Gasteiger partial charge in [0.05, 0.1) is 6.10 Å². The van der Waals surface area contributed by atoms with Crippen LogP contribution < -0.4 is 0 Å². The van der Waals surface area contributed by atoms with Crippen LogP contribution in [0.3, 0.4) is 0 Å². The molecule has 0 saturated carbocycles. The normalized spacial score (nSPS) is 13.4. The van der Waals surface area contributed by atoms with E-state index in [-0.39, 0.29) is 0 Å². The van der Waals surface area contributed by atoms with E-state index in [4.69, 9.17) is 0 Å². The van der Waals surface area contributed by atoms with Crippen LogP contribution >= 0.6 is 0 Å². The molecule has 0 aliphatic carbocycles. The molecule has 0 aliphatic rings. The molecule has 2 heteroatoms. The van der Waals surface area contributed by atoms with Gasteiger partial charge in [-0.25, -0.2) is 0 Å². The first kappa shape index (κ1) is 14.9. The summed E-state index contributed by atoms with van der Waals surface area (Å²) in [6.45, 7) is 4.28. The van der Waals surface area contributed by atoms with Crippen LogP contribution in [0.1, 0.15) is 71.6 Å². The van der Waals surface area contributed by atoms with Crippen molar-refractivity contribution in [2.75, 3.05) is 0 Å². The van der Waals surface area contributed by atoms with Crippen molar-refractivity contribution in [3.05, 3.63) is 6.10 Å². The summed E-state index contributed by atoms with van der Waals surface area (Å²) in [6.07, 6.45) is 9.08. The summed E-state index contributed by atoms with van der Waals surface area (Å²) in [5.74, 6) is 0. The van der Waals surface area contributed by atoms with Gasteiger partial charge < -0.3 is 10.2 Å². The zero-order valence-corrected chi connectivity index (χ0v) is 10.3. The van der Waals surface area contributed by atoms with Crippen LogP contribution in [0.5, 0.6) is 0 Å². The topological polar surface area (TPSA) is 40.5 Å². The van der Waals surface area contributed by atoms with E-state index in [1.165, 1.54) is 25.7 Å². The molecule has 0 aromatic heterocycles. The van der Waals surface area contributed by atoms with Crippen LogP contribution in [0.15, 0.2) is 0 Å². The molecule has 1 atom stereocenters. The Bertz CT molecular complexity index is 126. The minimum Gasteiger partial charge on any atom is -0.390 e. The van der Waals surface area contributed by atoms with Gasteiger partial charge in [0.25, 0.3) is 0 Å². The van der Waals surface area contributed by atoms with E-state index in [1.54, 1.807) is 0 Å². The largest absolute Gasteiger partial charge is 0.390 e. The average molecular weight is 215 g/mol. The highest BCUT2D eigenvalue weighted by molar-refractivity contribution is 4.84. The summed E-state index contributed by atoms with van der Waals surface area (Å²) in [6, 6.07) is 0. The zero-order valence-electron chi connectivity index (χ0n) is 10.3. The van der Waals surface area contributed by atoms with Crippen LogP contribution in [0.25, 0.3) is 0 Å². The first-order valence-corrected chi connectivity index (χ1v) is 6.45. The predicted octanol–water partition coefficient (Wildman–Crippen LogP) is 3.80. The Morgan fingerprint density at radius 1 is 0.933 bits per heavy atom. The number of rotatable bonds is 10. The second kappa shape index (κ2) is 10.4. The Morgan fingerprint density at radius 3 is 2.13 bits per heavy atom. The van der Waals surface area contributed by atoms with E-state index in [0.29, 0.717) is 18.9 Å². The minimum atomic E-state index is -0.587. The minimum absolute atomic E-state index is 0.292. The molecule has 0 aromatic carbocycles. The number of unbranched alkanes of at least 4 members (excludes halogenated alkanes) is 5. The second-order valence-electron chi connectivity index (χ2n) is 4.31. The van der Waals surface area contributed by atoms with Crippen molar-refractivity contribution in [3.63, 3.8) is 0 Å². The third-order valence-electron chi connectivity index (χ3n) is 2.75. The number of aliphatic hydroxyl groups excluding tert-OH is 2. The molecule has 2 N–H and O–H groups in total. The molecule has 1 unspecified atom stereocenters. The SMILES string of the molecule is CCCCCCC[C](O)C(O)CCCC. The van der Waals surface area contributed by atoms with E-state index >= 15 is 0 Å². The Hall–Kier alpha value is -0.0800. The molecule has 2 nitrogen and oxygen atoms in total. The van der Waals surface area contributed by atoms with Crippen molar-refractivity contribution in [3.8, 4) is 0 Å². The van der Waals surface area contributed by atoms with Gasteiger partial charge in [0, 0.05) is 0 Å². The molecule has 0 fully saturated rings. The van der Waals surface area contributed by atoms with Crippen molar-refractivity contribution in [2.24, 2.45) is 0 Å². The van der Waals surface area contributed by atoms with Gasteiger partial charge in [0.1, 0.15) is 6.10 Å². The molecule has 0 aliphatic heterocycles. The predicted molar refractivity (Wildman–Crippen MR) is 64.1 cm³/mol. The van der Waals surface area contributed by atoms with Crippen LogP contribution in [0.2, 0.25) is 0 Å². The Kier molecular flexibility index (Phi) is 10.4. The van der Waals surface area contributed by atoms with E-state index < -0.39 is 6.10 Å². The van der Waals surface area contributed by atoms with Crippen LogP contribution in [0, 0.1) is 6.10 Å². The maximum absolute atomic E-state index is 9.57. The maximum atomic E-state index is 9.57. The summed E-state index contributed by atoms with van der Waals surface area (Å²) in [5, 5.41) is 19.1. The quantitative estimate of drug-likeness (QED) is 0.544. The third-order valence-corrected chi connectivity index (χ3v) is 2.75. The second-order valence-corrected chi connectivity index (χ2v) is 4.31. The van der Waals surface area contributed by atoms with Crippen molar-refractivity contribution < 1.29 is 10.2 Å². The summed E-state index contributed by atoms with van der Waals surface area (Å²) in [7, 11) is 0. The number of hydrogen-bond acceptors (Lipinski definition) is 2. The lowest BCUT2D eigenvalue weighted by Gasteiger charge is -2.16. The van der Waals surface area contributed by atoms with E-state index in [9.17, 15) is 10.2 Å². The summed E-state index contributed by atoms with van der Waals surface area (Å²) >= 11 is 0. The maximum Gasteiger partial charge on any atom is 0.122 e. The van der Waals surface area contributed by atoms with Gasteiger partial charge in [-0.15, -0.1) is 0 Å². The van der Waals surface area contributed by atoms with Gasteiger partial charge in [0.2, 0.25) is 0 Å². The molecule has 91 valence electrons. The van der Waals surface area contributed by atoms with Gasteiger partial charge in [0.15, 0.2) is 0 Å². The Labute approximate surface area is 94.7 Å². The van der Waals surface area contributed by atoms with Gasteiger partial charge in [-0.3, -0.25) is 0 Å². The van der Waals surface area contributed by atoms with Crippen molar-refractivity contribution in [1.29, 1.82) is 0 Å². The van der Waals surface area contributed by atoms with Gasteiger partial charge in [-0.2, -0.15) is 0 Å². The molecular weight excluding hydrogens is 188 g/mol. The summed E-state index contributed by atoms with van der Waals surface area (Å²) in [4.78, 5) is 0. The highest BCUT2D eigenvalue weighted by atomic mass is 16.3. The lowest BCUT2D eigenvalue weighted by atomic mass is 10.0. The Morgan fingerprint density at radius 2 is 1.53 bits per heavy atom. The van der Waals surface area contributed by atoms with E-state index in [2.05, 4.69) is 13.8 Å². The lowest BCUT2D eigenvalue weighted by molar-refractivity contribution is 0.0819. The molecule has 1 radical (unpaired) electrons. The summed E-state index contributed by atoms with van der Waals surface area (Å²) < 4.78 is 0. The molecule has 0 spiro atoms. The van der Waals surface area contributed by atoms with Crippen LogP contribution in [-0.4, -0.2) is 16.3 Å². The molecule has 0 amide bonds. The van der Waals surface area contributed by atoms with Crippen LogP contribution in [-0.2, 0) is 0 Å². The average Bonchev–Trinajstić information content (AvgIpc) is 2.25. The number of hydrogen-bond donors (Lipinski definition) is 2. The van der Waals surface area contributed by atoms with Gasteiger partial charge in [-0.1, -0.05) is 58.8 Å². The molecule has 0 heterocycles. The van der Waals surface area contributed by atoms with Crippen molar-refractivity contribution in [1.82, 2.24) is 0 Å². The molecule has 0 aromatic rings. The monoisotopic (exact) mass is 215 g/mol. The Balaban J connectivity index is 3.34. The standard InChI is InChI=1S/C13H27O2/c1-3-5-7-8-9-11-13(15)12(14)10-6-4-2/h12,14-15H,3-11H2,1-2H3. The fraction of sp³-hybridized carbons (Fsp3) is 0.923. The van der Waals surface area contributed by atoms with Gasteiger partial charge >= 0.3 is 0 Å². The fourth-order valence-corrected chi connectivity index (χ4v) is 1.64. The summed E-state index contributed by atoms with van der Waals surface area (Å²) in [5.41, 5.74) is 0. The van der Waals surface area contributed by atoms with Crippen molar-refractivity contribution >= 4 is 0 Å². The molecule has 0 saturated heterocycles. The molecule has 15 heavy (non-hydrogen) atoms. The number of aliphatic hydroxyl groups is 2.